The average molecular weight is 1200 g/mol. The molecule has 21 N–H and O–H groups in total. The van der Waals surface area contributed by atoms with Crippen molar-refractivity contribution in [2.45, 2.75) is 243 Å². The first-order valence-corrected chi connectivity index (χ1v) is 26.3. The van der Waals surface area contributed by atoms with E-state index in [-0.39, 0.29) is 0 Å². The van der Waals surface area contributed by atoms with Crippen molar-refractivity contribution >= 4 is 11.8 Å². The minimum atomic E-state index is -2.36. The Bertz CT molecular complexity index is 2030. The summed E-state index contributed by atoms with van der Waals surface area (Å²) in [5, 5.41) is 211. The fraction of sp³-hybridized carbons (Fsp3) is 0.957. The summed E-state index contributed by atoms with van der Waals surface area (Å²) in [6, 6.07) is -3.69. The number of aliphatic hydroxyl groups excluding tert-OH is 19. The van der Waals surface area contributed by atoms with Gasteiger partial charge in [0, 0.05) is 13.8 Å². The van der Waals surface area contributed by atoms with E-state index in [9.17, 15) is 107 Å². The maximum absolute atomic E-state index is 13.3. The number of rotatable bonds is 19. The molecule has 7 aliphatic rings. The predicted molar refractivity (Wildman–Crippen MR) is 252 cm³/mol. The molecule has 0 aromatic rings. The zero-order valence-electron chi connectivity index (χ0n) is 44.4. The molecule has 0 aromatic carbocycles. The second kappa shape index (κ2) is 28.7. The summed E-state index contributed by atoms with van der Waals surface area (Å²) in [6.45, 7) is -0.643. The molecule has 82 heavy (non-hydrogen) atoms. The number of hydrogen-bond donors (Lipinski definition) is 21. The van der Waals surface area contributed by atoms with E-state index in [1.165, 1.54) is 13.8 Å². The molecule has 0 radical (unpaired) electrons. The quantitative estimate of drug-likeness (QED) is 0.0571. The summed E-state index contributed by atoms with van der Waals surface area (Å²) in [5.74, 6) is -1.79. The Labute approximate surface area is 465 Å². The van der Waals surface area contributed by atoms with Gasteiger partial charge >= 0.3 is 0 Å². The van der Waals surface area contributed by atoms with Gasteiger partial charge in [0.2, 0.25) is 11.8 Å². The van der Waals surface area contributed by atoms with Crippen molar-refractivity contribution in [2.24, 2.45) is 0 Å². The van der Waals surface area contributed by atoms with Gasteiger partial charge in [0.15, 0.2) is 44.0 Å². The van der Waals surface area contributed by atoms with Crippen LogP contribution in [0.4, 0.5) is 0 Å². The number of aliphatic hydroxyl groups is 19. The second-order valence-corrected chi connectivity index (χ2v) is 21.0. The summed E-state index contributed by atoms with van der Waals surface area (Å²) in [7, 11) is 0. The zero-order chi connectivity index (χ0) is 60.5. The largest absolute Gasteiger partial charge is 0.394 e. The molecule has 0 spiro atoms. The van der Waals surface area contributed by atoms with Crippen LogP contribution in [0.2, 0.25) is 0 Å². The number of amides is 2. The molecule has 2 amide bonds. The van der Waals surface area contributed by atoms with Crippen LogP contribution in [0.3, 0.4) is 0 Å². The van der Waals surface area contributed by atoms with E-state index in [4.69, 9.17) is 61.6 Å². The van der Waals surface area contributed by atoms with E-state index in [0.29, 0.717) is 0 Å². The zero-order valence-corrected chi connectivity index (χ0v) is 44.4. The van der Waals surface area contributed by atoms with Gasteiger partial charge < -0.3 is 169 Å². The molecule has 0 unspecified atom stereocenters. The smallest absolute Gasteiger partial charge is 0.217 e. The maximum Gasteiger partial charge on any atom is 0.217 e. The monoisotopic (exact) mass is 1200 g/mol. The third-order valence-corrected chi connectivity index (χ3v) is 15.3. The van der Waals surface area contributed by atoms with Crippen molar-refractivity contribution in [1.82, 2.24) is 10.6 Å². The van der Waals surface area contributed by atoms with E-state index in [1.54, 1.807) is 0 Å². The van der Waals surface area contributed by atoms with Crippen LogP contribution in [0.25, 0.3) is 0 Å². The molecule has 0 bridgehead atoms. The van der Waals surface area contributed by atoms with Crippen LogP contribution in [-0.4, -0.2) is 357 Å². The molecule has 7 rings (SSSR count). The highest BCUT2D eigenvalue weighted by Crippen LogP contribution is 2.39. The first-order valence-electron chi connectivity index (χ1n) is 26.3. The van der Waals surface area contributed by atoms with Crippen molar-refractivity contribution in [3.05, 3.63) is 0 Å². The van der Waals surface area contributed by atoms with Gasteiger partial charge in [-0.2, -0.15) is 0 Å². The lowest BCUT2D eigenvalue weighted by Crippen LogP contribution is -2.72. The van der Waals surface area contributed by atoms with Gasteiger partial charge in [-0.3, -0.25) is 9.59 Å². The molecule has 7 fully saturated rings. The van der Waals surface area contributed by atoms with Crippen molar-refractivity contribution in [1.29, 1.82) is 0 Å². The lowest BCUT2D eigenvalue weighted by Gasteiger charge is -2.52. The van der Waals surface area contributed by atoms with E-state index in [0.717, 1.165) is 13.8 Å². The van der Waals surface area contributed by atoms with Gasteiger partial charge in [-0.05, 0) is 13.8 Å². The summed E-state index contributed by atoms with van der Waals surface area (Å²) >= 11 is 0. The minimum absolute atomic E-state index is 0.848. The van der Waals surface area contributed by atoms with Crippen LogP contribution in [0.1, 0.15) is 27.7 Å². The SMILES string of the molecule is CC(=O)N[C@H]1[C@H](O[C@H]2[C@@H](O)[C@@H](CO)O[C@@H](O[C@H]3[C@H](O)[C@@H](O)[C@H](O)O[C@@H]3CO)[C@@H]2O)O[C@H](CO)[C@@H](O[C@@H]2O[C@@H](C)[C@@H](O)[C@@H](O)[C@@H]2O)[C@@H]1O[C@@H]1O[C@H](CO)[C@H](O)[C@H](O[C@@H]2O[C@H](CO)[C@@H](O)[C@H](O[C@@H]3O[C@@H](C)[C@@H](O)[C@@H](O)[C@@H]3O)[C@H]2NC(C)=O)[C@H]1O. The number of ether oxygens (including phenoxy) is 13. The lowest BCUT2D eigenvalue weighted by molar-refractivity contribution is -0.396. The molecule has 0 saturated carbocycles. The third-order valence-electron chi connectivity index (χ3n) is 15.3. The molecule has 0 aliphatic carbocycles. The molecule has 7 saturated heterocycles. The van der Waals surface area contributed by atoms with Crippen molar-refractivity contribution in [2.75, 3.05) is 33.0 Å². The Morgan fingerprint density at radius 1 is 0.317 bits per heavy atom. The first-order chi connectivity index (χ1) is 38.7. The summed E-state index contributed by atoms with van der Waals surface area (Å²) in [6.07, 6.45) is -63.2. The van der Waals surface area contributed by atoms with Gasteiger partial charge in [-0.1, -0.05) is 0 Å². The molecule has 0 aromatic heterocycles. The third kappa shape index (κ3) is 14.1. The topological polar surface area (TPSA) is 563 Å². The Kier molecular flexibility index (Phi) is 23.5. The Morgan fingerprint density at radius 2 is 0.634 bits per heavy atom. The van der Waals surface area contributed by atoms with Gasteiger partial charge in [0.05, 0.1) is 45.2 Å². The second-order valence-electron chi connectivity index (χ2n) is 21.0. The number of carbonyl (C=O) groups is 2. The Morgan fingerprint density at radius 3 is 1.05 bits per heavy atom. The number of hydrogen-bond acceptors (Lipinski definition) is 34. The standard InChI is InChI=1S/C46H78N2O34/c1-10-21(56)26(61)30(65)43(70-10)78-35-18(9-53)76-42(82-38-24(59)15(6-50)74-45(32(38)67)77-34-17(8-52)72-40(69)29(64)28(34)63)20(48-13(4)55)37(35)80-46-33(68)39(25(60)16(7-51)75-46)81-41-19(47-12(3)54)36(23(58)14(5-49)73-41)79-44-31(66)27(62)22(57)11(2)71-44/h10-11,14-46,49-53,56-69H,5-9H2,1-4H3,(H,47,54)(H,48,55)/t10-,11-,14+,15+,16+,17+,18+,19+,20+,21+,22+,23+,24-,25-,26+,27+,28+,29+,30-,31-,32+,33+,34+,35+,36+,37+,38-,39-,40+,41-,42-,43-,44-,45-,46-/m0/s1. The van der Waals surface area contributed by atoms with Crippen molar-refractivity contribution < 1.29 is 168 Å². The number of nitrogens with one attached hydrogen (secondary N) is 2. The molecule has 7 aliphatic heterocycles. The highest BCUT2D eigenvalue weighted by molar-refractivity contribution is 5.73. The van der Waals surface area contributed by atoms with Crippen LogP contribution in [0.5, 0.6) is 0 Å². The van der Waals surface area contributed by atoms with Crippen molar-refractivity contribution in [3.63, 3.8) is 0 Å². The molecular formula is C46H78N2O34. The highest BCUT2D eigenvalue weighted by atomic mass is 16.8. The highest BCUT2D eigenvalue weighted by Gasteiger charge is 2.60. The average Bonchev–Trinajstić information content (AvgIpc) is 2.65. The fourth-order valence-electron chi connectivity index (χ4n) is 10.7. The van der Waals surface area contributed by atoms with Crippen LogP contribution in [0, 0.1) is 0 Å². The van der Waals surface area contributed by atoms with Crippen LogP contribution in [-0.2, 0) is 71.2 Å². The number of carbonyl (C=O) groups excluding carboxylic acids is 2. The normalized spacial score (nSPS) is 51.3. The van der Waals surface area contributed by atoms with E-state index in [2.05, 4.69) is 10.6 Å². The van der Waals surface area contributed by atoms with Gasteiger partial charge in [-0.25, -0.2) is 0 Å². The Balaban J connectivity index is 1.24. The molecule has 36 nitrogen and oxygen atoms in total. The summed E-state index contributed by atoms with van der Waals surface area (Å²) in [4.78, 5) is 26.0. The Hall–Kier alpha value is -2.34. The predicted octanol–water partition coefficient (Wildman–Crippen LogP) is -13.9. The molecule has 35 atom stereocenters. The molecule has 36 heteroatoms. The lowest BCUT2D eigenvalue weighted by atomic mass is 9.93. The van der Waals surface area contributed by atoms with Crippen LogP contribution < -0.4 is 10.6 Å². The van der Waals surface area contributed by atoms with E-state index in [1.807, 2.05) is 0 Å². The summed E-state index contributed by atoms with van der Waals surface area (Å²) in [5.41, 5.74) is 0. The summed E-state index contributed by atoms with van der Waals surface area (Å²) < 4.78 is 76.2. The van der Waals surface area contributed by atoms with E-state index >= 15 is 0 Å². The van der Waals surface area contributed by atoms with Crippen molar-refractivity contribution in [3.8, 4) is 0 Å². The van der Waals surface area contributed by atoms with Crippen LogP contribution in [0.15, 0.2) is 0 Å². The molecule has 476 valence electrons. The van der Waals surface area contributed by atoms with Crippen LogP contribution >= 0.6 is 0 Å². The van der Waals surface area contributed by atoms with E-state index < -0.39 is 260 Å². The minimum Gasteiger partial charge on any atom is -0.394 e. The van der Waals surface area contributed by atoms with Gasteiger partial charge in [0.25, 0.3) is 0 Å². The fourth-order valence-corrected chi connectivity index (χ4v) is 10.7. The molecule has 7 heterocycles. The van der Waals surface area contributed by atoms with Gasteiger partial charge in [-0.15, -0.1) is 0 Å². The molecular weight excluding hydrogens is 1120 g/mol. The van der Waals surface area contributed by atoms with Gasteiger partial charge in [0.1, 0.15) is 159 Å². The first kappa shape index (κ1) is 67.2. The maximum atomic E-state index is 13.3.